The molecule has 0 amide bonds. The standard InChI is InChI=1S/C20H30ClNO.C5H10O2/c1-19(2)10-7-17(13-15-8-11-22-12-9-15)20(23,14-19)16-3-5-18(21)6-4-16;1-5(2,3)7-4-6/h3-6,15,17,22-23H,7-14H2,1-2H3;4H,1-3H3. The Morgan fingerprint density at radius 3 is 2.27 bits per heavy atom. The van der Waals surface area contributed by atoms with Gasteiger partial charge in [-0.05, 0) is 107 Å². The number of carbonyl (C=O) groups excluding carboxylic acids is 1. The monoisotopic (exact) mass is 437 g/mol. The number of nitrogens with one attached hydrogen (secondary N) is 1. The van der Waals surface area contributed by atoms with Crippen LogP contribution in [0.25, 0.3) is 0 Å². The fourth-order valence-corrected chi connectivity index (χ4v) is 4.95. The molecule has 1 saturated heterocycles. The van der Waals surface area contributed by atoms with Crippen LogP contribution in [0.2, 0.25) is 5.02 Å². The van der Waals surface area contributed by atoms with Gasteiger partial charge in [-0.3, -0.25) is 4.79 Å². The molecular weight excluding hydrogens is 398 g/mol. The molecule has 4 nitrogen and oxygen atoms in total. The van der Waals surface area contributed by atoms with Crippen LogP contribution in [0.4, 0.5) is 0 Å². The number of piperidine rings is 1. The van der Waals surface area contributed by atoms with Crippen LogP contribution in [-0.4, -0.2) is 30.3 Å². The first-order chi connectivity index (χ1) is 14.0. The van der Waals surface area contributed by atoms with Crippen LogP contribution in [0.3, 0.4) is 0 Å². The molecule has 0 spiro atoms. The molecule has 2 unspecified atom stereocenters. The van der Waals surface area contributed by atoms with Crippen molar-refractivity contribution in [2.45, 2.75) is 84.3 Å². The number of hydrogen-bond donors (Lipinski definition) is 2. The van der Waals surface area contributed by atoms with E-state index in [-0.39, 0.29) is 11.0 Å². The van der Waals surface area contributed by atoms with Crippen molar-refractivity contribution in [1.82, 2.24) is 5.32 Å². The maximum absolute atomic E-state index is 11.7. The lowest BCUT2D eigenvalue weighted by Gasteiger charge is -2.48. The van der Waals surface area contributed by atoms with Crippen LogP contribution < -0.4 is 5.32 Å². The molecule has 30 heavy (non-hydrogen) atoms. The van der Waals surface area contributed by atoms with Crippen molar-refractivity contribution in [3.05, 3.63) is 34.9 Å². The minimum absolute atomic E-state index is 0.193. The molecule has 0 aromatic heterocycles. The third-order valence-corrected chi connectivity index (χ3v) is 6.67. The van der Waals surface area contributed by atoms with Gasteiger partial charge < -0.3 is 15.2 Å². The van der Waals surface area contributed by atoms with Crippen molar-refractivity contribution in [1.29, 1.82) is 0 Å². The van der Waals surface area contributed by atoms with E-state index < -0.39 is 5.60 Å². The molecule has 1 saturated carbocycles. The number of halogens is 1. The third-order valence-electron chi connectivity index (χ3n) is 6.42. The van der Waals surface area contributed by atoms with E-state index in [9.17, 15) is 9.90 Å². The Kier molecular flexibility index (Phi) is 8.79. The normalized spacial score (nSPS) is 27.0. The Labute approximate surface area is 187 Å². The summed E-state index contributed by atoms with van der Waals surface area (Å²) in [6.07, 6.45) is 6.82. The molecule has 0 bridgehead atoms. The number of hydrogen-bond acceptors (Lipinski definition) is 4. The fourth-order valence-electron chi connectivity index (χ4n) is 4.82. The van der Waals surface area contributed by atoms with Crippen LogP contribution in [0.15, 0.2) is 24.3 Å². The van der Waals surface area contributed by atoms with Crippen LogP contribution in [0.5, 0.6) is 0 Å². The summed E-state index contributed by atoms with van der Waals surface area (Å²) in [5.74, 6) is 1.11. The van der Waals surface area contributed by atoms with E-state index in [0.29, 0.717) is 12.4 Å². The molecule has 2 N–H and O–H groups in total. The minimum atomic E-state index is -0.711. The van der Waals surface area contributed by atoms with Gasteiger partial charge in [-0.1, -0.05) is 37.6 Å². The molecule has 0 radical (unpaired) electrons. The number of aliphatic hydroxyl groups is 1. The van der Waals surface area contributed by atoms with Gasteiger partial charge in [-0.25, -0.2) is 0 Å². The van der Waals surface area contributed by atoms with Gasteiger partial charge in [0.05, 0.1) is 5.60 Å². The molecule has 5 heteroatoms. The van der Waals surface area contributed by atoms with Crippen molar-refractivity contribution in [2.24, 2.45) is 17.3 Å². The molecule has 1 aliphatic heterocycles. The average molecular weight is 438 g/mol. The molecule has 2 aliphatic rings. The molecule has 2 fully saturated rings. The summed E-state index contributed by atoms with van der Waals surface area (Å²) in [6.45, 7) is 12.7. The molecular formula is C25H40ClNO3. The van der Waals surface area contributed by atoms with Gasteiger partial charge in [-0.15, -0.1) is 0 Å². The van der Waals surface area contributed by atoms with Crippen LogP contribution in [-0.2, 0) is 15.1 Å². The van der Waals surface area contributed by atoms with E-state index in [2.05, 4.69) is 23.9 Å². The first-order valence-corrected chi connectivity index (χ1v) is 11.6. The van der Waals surface area contributed by atoms with Gasteiger partial charge in [0.25, 0.3) is 6.47 Å². The smallest absolute Gasteiger partial charge is 0.293 e. The van der Waals surface area contributed by atoms with E-state index in [1.54, 1.807) is 0 Å². The topological polar surface area (TPSA) is 58.6 Å². The summed E-state index contributed by atoms with van der Waals surface area (Å²) < 4.78 is 4.55. The van der Waals surface area contributed by atoms with Crippen molar-refractivity contribution in [3.8, 4) is 0 Å². The van der Waals surface area contributed by atoms with Gasteiger partial charge in [-0.2, -0.15) is 0 Å². The summed E-state index contributed by atoms with van der Waals surface area (Å²) in [4.78, 5) is 9.60. The van der Waals surface area contributed by atoms with Crippen LogP contribution in [0, 0.1) is 17.3 Å². The van der Waals surface area contributed by atoms with Gasteiger partial charge in [0, 0.05) is 5.02 Å². The highest BCUT2D eigenvalue weighted by atomic mass is 35.5. The van der Waals surface area contributed by atoms with Crippen molar-refractivity contribution in [2.75, 3.05) is 13.1 Å². The summed E-state index contributed by atoms with van der Waals surface area (Å²) >= 11 is 6.06. The molecule has 1 aliphatic carbocycles. The lowest BCUT2D eigenvalue weighted by molar-refractivity contribution is -0.138. The van der Waals surface area contributed by atoms with Crippen LogP contribution >= 0.6 is 11.6 Å². The highest BCUT2D eigenvalue weighted by molar-refractivity contribution is 6.30. The highest BCUT2D eigenvalue weighted by Crippen LogP contribution is 2.52. The van der Waals surface area contributed by atoms with Crippen molar-refractivity contribution in [3.63, 3.8) is 0 Å². The molecule has 3 rings (SSSR count). The van der Waals surface area contributed by atoms with Crippen LogP contribution in [0.1, 0.15) is 78.7 Å². The van der Waals surface area contributed by atoms with E-state index >= 15 is 0 Å². The van der Waals surface area contributed by atoms with Gasteiger partial charge in [0.1, 0.15) is 5.60 Å². The molecule has 1 heterocycles. The number of benzene rings is 1. The minimum Gasteiger partial charge on any atom is -0.462 e. The van der Waals surface area contributed by atoms with Gasteiger partial charge >= 0.3 is 0 Å². The molecule has 170 valence electrons. The molecule has 1 aromatic carbocycles. The number of rotatable bonds is 4. The van der Waals surface area contributed by atoms with E-state index in [1.807, 2.05) is 45.0 Å². The second-order valence-electron chi connectivity index (χ2n) is 10.8. The number of carbonyl (C=O) groups is 1. The molecule has 2 atom stereocenters. The first-order valence-electron chi connectivity index (χ1n) is 11.3. The SMILES string of the molecule is CC(C)(C)OC=O.CC1(C)CCC(CC2CCNCC2)C(O)(c2ccc(Cl)cc2)C1. The lowest BCUT2D eigenvalue weighted by Crippen LogP contribution is -2.45. The zero-order valence-electron chi connectivity index (χ0n) is 19.3. The van der Waals surface area contributed by atoms with Gasteiger partial charge in [0.15, 0.2) is 0 Å². The quantitative estimate of drug-likeness (QED) is 0.593. The Morgan fingerprint density at radius 1 is 1.17 bits per heavy atom. The van der Waals surface area contributed by atoms with Crippen molar-refractivity contribution < 1.29 is 14.6 Å². The Hall–Kier alpha value is -1.10. The van der Waals surface area contributed by atoms with E-state index in [0.717, 1.165) is 48.9 Å². The third kappa shape index (κ3) is 7.55. The Balaban J connectivity index is 0.000000396. The highest BCUT2D eigenvalue weighted by Gasteiger charge is 2.47. The molecule has 1 aromatic rings. The Morgan fingerprint density at radius 2 is 1.77 bits per heavy atom. The summed E-state index contributed by atoms with van der Waals surface area (Å²) in [7, 11) is 0. The van der Waals surface area contributed by atoms with Gasteiger partial charge in [0.2, 0.25) is 0 Å². The number of ether oxygens (including phenoxy) is 1. The van der Waals surface area contributed by atoms with Crippen molar-refractivity contribution >= 4 is 18.1 Å². The lowest BCUT2D eigenvalue weighted by atomic mass is 9.60. The predicted octanol–water partition coefficient (Wildman–Crippen LogP) is 5.70. The zero-order chi connectivity index (χ0) is 22.4. The zero-order valence-corrected chi connectivity index (χ0v) is 20.1. The summed E-state index contributed by atoms with van der Waals surface area (Å²) in [5.41, 5.74) is 0.214. The van der Waals surface area contributed by atoms with E-state index in [1.165, 1.54) is 19.3 Å². The summed E-state index contributed by atoms with van der Waals surface area (Å²) in [5, 5.41) is 15.9. The second-order valence-corrected chi connectivity index (χ2v) is 11.2. The summed E-state index contributed by atoms with van der Waals surface area (Å²) in [6, 6.07) is 7.88. The largest absolute Gasteiger partial charge is 0.462 e. The fraction of sp³-hybridized carbons (Fsp3) is 0.720. The second kappa shape index (κ2) is 10.5. The van der Waals surface area contributed by atoms with E-state index in [4.69, 9.17) is 11.6 Å². The maximum atomic E-state index is 11.7. The average Bonchev–Trinajstić information content (AvgIpc) is 2.65. The Bertz CT molecular complexity index is 662. The first kappa shape index (κ1) is 25.2. The maximum Gasteiger partial charge on any atom is 0.293 e. The predicted molar refractivity (Wildman–Crippen MR) is 124 cm³/mol.